The summed E-state index contributed by atoms with van der Waals surface area (Å²) >= 11 is 0. The molecular weight excluding hydrogens is 232 g/mol. The van der Waals surface area contributed by atoms with Gasteiger partial charge < -0.3 is 5.11 Å². The first-order valence-corrected chi connectivity index (χ1v) is 7.89. The quantitative estimate of drug-likeness (QED) is 0.834. The van der Waals surface area contributed by atoms with Crippen LogP contribution in [0.1, 0.15) is 64.0 Å². The highest BCUT2D eigenvalue weighted by Gasteiger charge is 2.36. The standard InChI is InChI=1S/C18H28O/c1-4-14-9-11-16(12-10-14)18(3,19)17-8-6-7-15(5-2)13-17/h9-12,15,17,19H,4-8,13H2,1-3H3. The monoisotopic (exact) mass is 260 g/mol. The van der Waals surface area contributed by atoms with E-state index >= 15 is 0 Å². The number of aliphatic hydroxyl groups is 1. The van der Waals surface area contributed by atoms with Crippen molar-refractivity contribution in [2.75, 3.05) is 0 Å². The zero-order chi connectivity index (χ0) is 13.9. The smallest absolute Gasteiger partial charge is 0.0896 e. The van der Waals surface area contributed by atoms with E-state index < -0.39 is 5.60 Å². The maximum atomic E-state index is 11.0. The molecule has 1 N–H and O–H groups in total. The molecule has 0 aromatic heterocycles. The van der Waals surface area contributed by atoms with Crippen molar-refractivity contribution in [2.45, 2.75) is 64.9 Å². The van der Waals surface area contributed by atoms with Crippen LogP contribution in [-0.2, 0) is 12.0 Å². The molecule has 0 bridgehead atoms. The Morgan fingerprint density at radius 1 is 1.16 bits per heavy atom. The molecule has 0 aliphatic heterocycles. The Kier molecular flexibility index (Phi) is 4.67. The molecule has 1 aliphatic carbocycles. The molecule has 1 aliphatic rings. The Bertz CT molecular complexity index is 391. The molecule has 0 spiro atoms. The fraction of sp³-hybridized carbons (Fsp3) is 0.667. The molecule has 0 heterocycles. The molecule has 0 saturated heterocycles. The lowest BCUT2D eigenvalue weighted by atomic mass is 9.70. The Morgan fingerprint density at radius 3 is 2.42 bits per heavy atom. The van der Waals surface area contributed by atoms with Gasteiger partial charge in [0.15, 0.2) is 0 Å². The van der Waals surface area contributed by atoms with Crippen molar-refractivity contribution in [3.63, 3.8) is 0 Å². The average Bonchev–Trinajstić information content (AvgIpc) is 2.47. The largest absolute Gasteiger partial charge is 0.385 e. The van der Waals surface area contributed by atoms with Crippen molar-refractivity contribution >= 4 is 0 Å². The van der Waals surface area contributed by atoms with Gasteiger partial charge in [-0.05, 0) is 49.1 Å². The lowest BCUT2D eigenvalue weighted by Gasteiger charge is -2.39. The van der Waals surface area contributed by atoms with E-state index in [1.807, 2.05) is 6.92 Å². The summed E-state index contributed by atoms with van der Waals surface area (Å²) in [5.74, 6) is 1.22. The van der Waals surface area contributed by atoms with Gasteiger partial charge >= 0.3 is 0 Å². The molecule has 19 heavy (non-hydrogen) atoms. The minimum Gasteiger partial charge on any atom is -0.385 e. The van der Waals surface area contributed by atoms with E-state index in [1.54, 1.807) is 0 Å². The van der Waals surface area contributed by atoms with Crippen LogP contribution in [0.3, 0.4) is 0 Å². The molecule has 1 aromatic carbocycles. The fourth-order valence-electron chi connectivity index (χ4n) is 3.49. The third-order valence-electron chi connectivity index (χ3n) is 5.10. The lowest BCUT2D eigenvalue weighted by Crippen LogP contribution is -2.35. The summed E-state index contributed by atoms with van der Waals surface area (Å²) in [5, 5.41) is 11.0. The van der Waals surface area contributed by atoms with Crippen LogP contribution in [0.5, 0.6) is 0 Å². The van der Waals surface area contributed by atoms with E-state index in [-0.39, 0.29) is 0 Å². The van der Waals surface area contributed by atoms with Crippen LogP contribution in [0.2, 0.25) is 0 Å². The van der Waals surface area contributed by atoms with Gasteiger partial charge in [-0.2, -0.15) is 0 Å². The molecule has 2 rings (SSSR count). The van der Waals surface area contributed by atoms with E-state index in [9.17, 15) is 5.11 Å². The van der Waals surface area contributed by atoms with E-state index in [0.717, 1.165) is 17.9 Å². The molecule has 1 fully saturated rings. The predicted octanol–water partition coefficient (Wildman–Crippen LogP) is 4.67. The van der Waals surface area contributed by atoms with Crippen LogP contribution >= 0.6 is 0 Å². The molecule has 0 amide bonds. The molecule has 1 saturated carbocycles. The first kappa shape index (κ1) is 14.6. The summed E-state index contributed by atoms with van der Waals surface area (Å²) in [6, 6.07) is 8.55. The first-order valence-electron chi connectivity index (χ1n) is 7.89. The van der Waals surface area contributed by atoms with Crippen molar-refractivity contribution in [3.05, 3.63) is 35.4 Å². The van der Waals surface area contributed by atoms with Gasteiger partial charge in [0.1, 0.15) is 0 Å². The highest BCUT2D eigenvalue weighted by atomic mass is 16.3. The van der Waals surface area contributed by atoms with E-state index in [4.69, 9.17) is 0 Å². The zero-order valence-corrected chi connectivity index (χ0v) is 12.7. The van der Waals surface area contributed by atoms with Gasteiger partial charge in [0, 0.05) is 0 Å². The van der Waals surface area contributed by atoms with Gasteiger partial charge in [-0.25, -0.2) is 0 Å². The van der Waals surface area contributed by atoms with Crippen LogP contribution < -0.4 is 0 Å². The van der Waals surface area contributed by atoms with Crippen molar-refractivity contribution < 1.29 is 5.11 Å². The minimum absolute atomic E-state index is 0.415. The lowest BCUT2D eigenvalue weighted by molar-refractivity contribution is -0.0312. The highest BCUT2D eigenvalue weighted by molar-refractivity contribution is 5.27. The number of aryl methyl sites for hydroxylation is 1. The Balaban J connectivity index is 2.15. The molecule has 3 atom stereocenters. The molecule has 0 radical (unpaired) electrons. The topological polar surface area (TPSA) is 20.2 Å². The number of benzene rings is 1. The van der Waals surface area contributed by atoms with Crippen LogP contribution in [0, 0.1) is 11.8 Å². The average molecular weight is 260 g/mol. The van der Waals surface area contributed by atoms with E-state index in [1.165, 1.54) is 37.7 Å². The number of hydrogen-bond acceptors (Lipinski definition) is 1. The third-order valence-corrected chi connectivity index (χ3v) is 5.10. The van der Waals surface area contributed by atoms with E-state index in [2.05, 4.69) is 38.1 Å². The van der Waals surface area contributed by atoms with Crippen LogP contribution in [0.4, 0.5) is 0 Å². The molecule has 1 nitrogen and oxygen atoms in total. The van der Waals surface area contributed by atoms with Crippen LogP contribution in [-0.4, -0.2) is 5.11 Å². The number of hydrogen-bond donors (Lipinski definition) is 1. The molecule has 3 unspecified atom stereocenters. The predicted molar refractivity (Wildman–Crippen MR) is 81.1 cm³/mol. The van der Waals surface area contributed by atoms with Gasteiger partial charge in [0.05, 0.1) is 5.60 Å². The molecular formula is C18H28O. The highest BCUT2D eigenvalue weighted by Crippen LogP contribution is 2.42. The summed E-state index contributed by atoms with van der Waals surface area (Å²) in [7, 11) is 0. The fourth-order valence-corrected chi connectivity index (χ4v) is 3.49. The van der Waals surface area contributed by atoms with Crippen molar-refractivity contribution in [2.24, 2.45) is 11.8 Å². The first-order chi connectivity index (χ1) is 9.07. The normalized spacial score (nSPS) is 26.9. The minimum atomic E-state index is -0.667. The van der Waals surface area contributed by atoms with Gasteiger partial charge in [-0.3, -0.25) is 0 Å². The van der Waals surface area contributed by atoms with Gasteiger partial charge in [-0.1, -0.05) is 57.4 Å². The third kappa shape index (κ3) is 3.20. The Morgan fingerprint density at radius 2 is 1.84 bits per heavy atom. The molecule has 1 aromatic rings. The molecule has 1 heteroatoms. The maximum Gasteiger partial charge on any atom is 0.0896 e. The van der Waals surface area contributed by atoms with E-state index in [0.29, 0.717) is 5.92 Å². The Hall–Kier alpha value is -0.820. The summed E-state index contributed by atoms with van der Waals surface area (Å²) in [4.78, 5) is 0. The van der Waals surface area contributed by atoms with Gasteiger partial charge in [0.2, 0.25) is 0 Å². The van der Waals surface area contributed by atoms with Gasteiger partial charge in [-0.15, -0.1) is 0 Å². The summed E-state index contributed by atoms with van der Waals surface area (Å²) < 4.78 is 0. The second kappa shape index (κ2) is 6.09. The SMILES string of the molecule is CCc1ccc(C(C)(O)C2CCCC(CC)C2)cc1. The second-order valence-corrected chi connectivity index (χ2v) is 6.34. The maximum absolute atomic E-state index is 11.0. The number of rotatable bonds is 4. The summed E-state index contributed by atoms with van der Waals surface area (Å²) in [6.45, 7) is 6.45. The Labute approximate surface area is 118 Å². The van der Waals surface area contributed by atoms with Crippen molar-refractivity contribution in [1.82, 2.24) is 0 Å². The zero-order valence-electron chi connectivity index (χ0n) is 12.7. The van der Waals surface area contributed by atoms with Crippen molar-refractivity contribution in [3.8, 4) is 0 Å². The van der Waals surface area contributed by atoms with Crippen LogP contribution in [0.15, 0.2) is 24.3 Å². The van der Waals surface area contributed by atoms with Crippen molar-refractivity contribution in [1.29, 1.82) is 0 Å². The summed E-state index contributed by atoms with van der Waals surface area (Å²) in [6.07, 6.45) is 7.27. The van der Waals surface area contributed by atoms with Crippen LogP contribution in [0.25, 0.3) is 0 Å². The molecule has 106 valence electrons. The van der Waals surface area contributed by atoms with Gasteiger partial charge in [0.25, 0.3) is 0 Å². The summed E-state index contributed by atoms with van der Waals surface area (Å²) in [5.41, 5.74) is 1.77. The second-order valence-electron chi connectivity index (χ2n) is 6.34.